The topological polar surface area (TPSA) is 71.3 Å². The van der Waals surface area contributed by atoms with Crippen molar-refractivity contribution in [2.24, 2.45) is 0 Å². The van der Waals surface area contributed by atoms with Crippen LogP contribution >= 0.6 is 11.6 Å². The highest BCUT2D eigenvalue weighted by atomic mass is 35.5. The van der Waals surface area contributed by atoms with E-state index >= 15 is 0 Å². The molecule has 0 saturated heterocycles. The van der Waals surface area contributed by atoms with E-state index in [1.807, 2.05) is 13.0 Å². The number of ether oxygens (including phenoxy) is 2. The van der Waals surface area contributed by atoms with Crippen LogP contribution in [0.15, 0.2) is 36.4 Å². The molecule has 1 amide bonds. The zero-order chi connectivity index (χ0) is 19.8. The van der Waals surface area contributed by atoms with Crippen LogP contribution in [-0.4, -0.2) is 19.1 Å². The number of nitriles is 1. The molecular formula is C20H20ClFN2O3. The van der Waals surface area contributed by atoms with Crippen LogP contribution in [0.2, 0.25) is 5.02 Å². The van der Waals surface area contributed by atoms with E-state index in [9.17, 15) is 14.4 Å². The zero-order valence-electron chi connectivity index (χ0n) is 15.1. The van der Waals surface area contributed by atoms with Gasteiger partial charge in [0.25, 0.3) is 5.91 Å². The Balaban J connectivity index is 2.30. The Morgan fingerprint density at radius 1 is 1.30 bits per heavy atom. The normalized spacial score (nSPS) is 11.4. The predicted octanol–water partition coefficient (Wildman–Crippen LogP) is 4.66. The Morgan fingerprint density at radius 3 is 2.67 bits per heavy atom. The minimum absolute atomic E-state index is 0.0902. The van der Waals surface area contributed by atoms with Gasteiger partial charge in [0.1, 0.15) is 11.9 Å². The molecule has 2 aromatic carbocycles. The standard InChI is InChI=1S/C20H20ClFN2O3/c1-3-9-27-19-15(21)10-13(11-18(19)26-4-2)20(25)24-17(12-23)14-7-5-6-8-16(14)22/h5-8,10-11,17H,3-4,9H2,1-2H3,(H,24,25). The molecule has 0 saturated carbocycles. The summed E-state index contributed by atoms with van der Waals surface area (Å²) >= 11 is 6.25. The number of benzene rings is 2. The third kappa shape index (κ3) is 5.11. The van der Waals surface area contributed by atoms with E-state index in [-0.39, 0.29) is 16.1 Å². The fourth-order valence-corrected chi connectivity index (χ4v) is 2.67. The molecule has 0 spiro atoms. The summed E-state index contributed by atoms with van der Waals surface area (Å²) < 4.78 is 25.0. The van der Waals surface area contributed by atoms with Crippen LogP contribution in [-0.2, 0) is 0 Å². The molecule has 142 valence electrons. The summed E-state index contributed by atoms with van der Waals surface area (Å²) in [5.74, 6) is -0.443. The number of hydrogen-bond acceptors (Lipinski definition) is 4. The van der Waals surface area contributed by atoms with E-state index in [2.05, 4.69) is 5.32 Å². The lowest BCUT2D eigenvalue weighted by Crippen LogP contribution is -2.28. The van der Waals surface area contributed by atoms with Gasteiger partial charge in [-0.25, -0.2) is 4.39 Å². The highest BCUT2D eigenvalue weighted by Crippen LogP contribution is 2.37. The molecule has 0 aromatic heterocycles. The average molecular weight is 391 g/mol. The van der Waals surface area contributed by atoms with E-state index in [0.717, 1.165) is 6.42 Å². The molecule has 7 heteroatoms. The minimum Gasteiger partial charge on any atom is -0.490 e. The smallest absolute Gasteiger partial charge is 0.252 e. The number of carbonyl (C=O) groups excluding carboxylic acids is 1. The van der Waals surface area contributed by atoms with Crippen molar-refractivity contribution in [3.05, 3.63) is 58.4 Å². The molecule has 0 fully saturated rings. The van der Waals surface area contributed by atoms with Crippen LogP contribution < -0.4 is 14.8 Å². The lowest BCUT2D eigenvalue weighted by atomic mass is 10.1. The molecule has 0 bridgehead atoms. The van der Waals surface area contributed by atoms with Crippen LogP contribution in [0.1, 0.15) is 42.2 Å². The highest BCUT2D eigenvalue weighted by Gasteiger charge is 2.21. The first kappa shape index (κ1) is 20.5. The summed E-state index contributed by atoms with van der Waals surface area (Å²) in [4.78, 5) is 12.6. The van der Waals surface area contributed by atoms with Crippen molar-refractivity contribution in [2.75, 3.05) is 13.2 Å². The summed E-state index contributed by atoms with van der Waals surface area (Å²) in [6.07, 6.45) is 0.788. The molecule has 2 aromatic rings. The van der Waals surface area contributed by atoms with Crippen LogP contribution in [0.4, 0.5) is 4.39 Å². The number of nitrogens with zero attached hydrogens (tertiary/aromatic N) is 1. The Bertz CT molecular complexity index is 852. The van der Waals surface area contributed by atoms with Crippen molar-refractivity contribution < 1.29 is 18.7 Å². The molecule has 2 rings (SSSR count). The van der Waals surface area contributed by atoms with Gasteiger partial charge >= 0.3 is 0 Å². The van der Waals surface area contributed by atoms with Gasteiger partial charge < -0.3 is 14.8 Å². The molecule has 1 N–H and O–H groups in total. The van der Waals surface area contributed by atoms with Gasteiger partial charge in [-0.05, 0) is 31.5 Å². The van der Waals surface area contributed by atoms with Crippen LogP contribution in [0.25, 0.3) is 0 Å². The summed E-state index contributed by atoms with van der Waals surface area (Å²) in [6.45, 7) is 4.57. The van der Waals surface area contributed by atoms with Gasteiger partial charge in [-0.3, -0.25) is 4.79 Å². The second-order valence-corrected chi connectivity index (χ2v) is 6.03. The molecule has 0 radical (unpaired) electrons. The Morgan fingerprint density at radius 2 is 2.04 bits per heavy atom. The van der Waals surface area contributed by atoms with E-state index in [1.165, 1.54) is 30.3 Å². The SMILES string of the molecule is CCCOc1c(Cl)cc(C(=O)NC(C#N)c2ccccc2F)cc1OCC. The van der Waals surface area contributed by atoms with Crippen molar-refractivity contribution in [3.8, 4) is 17.6 Å². The van der Waals surface area contributed by atoms with E-state index in [4.69, 9.17) is 21.1 Å². The maximum absolute atomic E-state index is 13.9. The van der Waals surface area contributed by atoms with E-state index in [1.54, 1.807) is 13.0 Å². The fourth-order valence-electron chi connectivity index (χ4n) is 2.41. The second-order valence-electron chi connectivity index (χ2n) is 5.62. The Hall–Kier alpha value is -2.78. The number of rotatable bonds is 8. The molecule has 1 unspecified atom stereocenters. The number of amides is 1. The monoisotopic (exact) mass is 390 g/mol. The van der Waals surface area contributed by atoms with Crippen molar-refractivity contribution in [2.45, 2.75) is 26.3 Å². The van der Waals surface area contributed by atoms with Crippen molar-refractivity contribution in [1.82, 2.24) is 5.32 Å². The maximum atomic E-state index is 13.9. The first-order valence-electron chi connectivity index (χ1n) is 8.55. The quantitative estimate of drug-likeness (QED) is 0.711. The van der Waals surface area contributed by atoms with E-state index < -0.39 is 17.8 Å². The molecule has 5 nitrogen and oxygen atoms in total. The maximum Gasteiger partial charge on any atom is 0.252 e. The zero-order valence-corrected chi connectivity index (χ0v) is 15.8. The van der Waals surface area contributed by atoms with Gasteiger partial charge in [0.15, 0.2) is 11.5 Å². The summed E-state index contributed by atoms with van der Waals surface area (Å²) in [5, 5.41) is 12.1. The highest BCUT2D eigenvalue weighted by molar-refractivity contribution is 6.32. The lowest BCUT2D eigenvalue weighted by Gasteiger charge is -2.16. The first-order chi connectivity index (χ1) is 13.0. The molecule has 0 heterocycles. The summed E-state index contributed by atoms with van der Waals surface area (Å²) in [6, 6.07) is 9.47. The van der Waals surface area contributed by atoms with Gasteiger partial charge in [-0.15, -0.1) is 0 Å². The van der Waals surface area contributed by atoms with Crippen LogP contribution in [0.5, 0.6) is 11.5 Å². The molecule has 0 aliphatic carbocycles. The Kier molecular flexibility index (Phi) is 7.44. The third-order valence-electron chi connectivity index (χ3n) is 3.64. The van der Waals surface area contributed by atoms with Crippen LogP contribution in [0, 0.1) is 17.1 Å². The van der Waals surface area contributed by atoms with Crippen molar-refractivity contribution in [3.63, 3.8) is 0 Å². The molecular weight excluding hydrogens is 371 g/mol. The average Bonchev–Trinajstić information content (AvgIpc) is 2.66. The number of nitrogens with one attached hydrogen (secondary N) is 1. The predicted molar refractivity (Wildman–Crippen MR) is 101 cm³/mol. The van der Waals surface area contributed by atoms with Gasteiger partial charge in [-0.1, -0.05) is 36.7 Å². The number of halogens is 2. The molecule has 1 atom stereocenters. The van der Waals surface area contributed by atoms with Gasteiger partial charge in [0.2, 0.25) is 0 Å². The first-order valence-corrected chi connectivity index (χ1v) is 8.93. The number of carbonyl (C=O) groups is 1. The number of hydrogen-bond donors (Lipinski definition) is 1. The van der Waals surface area contributed by atoms with E-state index in [0.29, 0.717) is 24.7 Å². The van der Waals surface area contributed by atoms with Gasteiger partial charge in [-0.2, -0.15) is 5.26 Å². The van der Waals surface area contributed by atoms with Crippen molar-refractivity contribution >= 4 is 17.5 Å². The fraction of sp³-hybridized carbons (Fsp3) is 0.300. The second kappa shape index (κ2) is 9.79. The lowest BCUT2D eigenvalue weighted by molar-refractivity contribution is 0.0944. The molecule has 27 heavy (non-hydrogen) atoms. The molecule has 0 aliphatic heterocycles. The third-order valence-corrected chi connectivity index (χ3v) is 3.92. The summed E-state index contributed by atoms with van der Waals surface area (Å²) in [7, 11) is 0. The summed E-state index contributed by atoms with van der Waals surface area (Å²) in [5.41, 5.74) is 0.274. The van der Waals surface area contributed by atoms with Gasteiger partial charge in [0, 0.05) is 11.1 Å². The largest absolute Gasteiger partial charge is 0.490 e. The molecule has 0 aliphatic rings. The Labute approximate surface area is 162 Å². The van der Waals surface area contributed by atoms with Crippen molar-refractivity contribution in [1.29, 1.82) is 5.26 Å². The van der Waals surface area contributed by atoms with Crippen LogP contribution in [0.3, 0.4) is 0 Å². The van der Waals surface area contributed by atoms with Gasteiger partial charge in [0.05, 0.1) is 24.3 Å². The minimum atomic E-state index is -1.14.